The predicted molar refractivity (Wildman–Crippen MR) is 108 cm³/mol. The van der Waals surface area contributed by atoms with Crippen LogP contribution < -0.4 is 10.1 Å². The van der Waals surface area contributed by atoms with E-state index >= 15 is 0 Å². The summed E-state index contributed by atoms with van der Waals surface area (Å²) in [5.41, 5.74) is 0.289. The standard InChI is InChI=1S/C21H14F3N3O2S/c22-21(23,24)14-3-1-13(2-4-14)11-18(28)27-15-5-7-16(8-6-15)29-19-17-9-10-30-20(17)26-12-25-19/h1-10,12H,11H2,(H,27,28). The minimum atomic E-state index is -4.40. The first-order chi connectivity index (χ1) is 14.4. The van der Waals surface area contributed by atoms with E-state index in [9.17, 15) is 18.0 Å². The Morgan fingerprint density at radius 3 is 2.43 bits per heavy atom. The molecule has 152 valence electrons. The first kappa shape index (κ1) is 19.8. The lowest BCUT2D eigenvalue weighted by Crippen LogP contribution is -2.14. The number of nitrogens with one attached hydrogen (secondary N) is 1. The minimum absolute atomic E-state index is 0.0343. The summed E-state index contributed by atoms with van der Waals surface area (Å²) >= 11 is 1.49. The van der Waals surface area contributed by atoms with Crippen LogP contribution in [0, 0.1) is 0 Å². The molecule has 0 aliphatic carbocycles. The molecule has 0 spiro atoms. The molecule has 0 aliphatic heterocycles. The van der Waals surface area contributed by atoms with Gasteiger partial charge in [0.1, 0.15) is 16.9 Å². The molecule has 2 aromatic carbocycles. The molecule has 2 heterocycles. The van der Waals surface area contributed by atoms with Crippen molar-refractivity contribution >= 4 is 33.1 Å². The molecule has 0 aliphatic rings. The van der Waals surface area contributed by atoms with Gasteiger partial charge in [0.2, 0.25) is 11.8 Å². The fourth-order valence-electron chi connectivity index (χ4n) is 2.77. The Labute approximate surface area is 173 Å². The van der Waals surface area contributed by atoms with Gasteiger partial charge in [-0.3, -0.25) is 4.79 Å². The van der Waals surface area contributed by atoms with Crippen LogP contribution in [0.1, 0.15) is 11.1 Å². The number of carbonyl (C=O) groups is 1. The van der Waals surface area contributed by atoms with Gasteiger partial charge in [-0.25, -0.2) is 9.97 Å². The quantitative estimate of drug-likeness (QED) is 0.443. The van der Waals surface area contributed by atoms with Crippen LogP contribution in [-0.2, 0) is 17.4 Å². The van der Waals surface area contributed by atoms with Crippen LogP contribution >= 0.6 is 11.3 Å². The van der Waals surface area contributed by atoms with E-state index < -0.39 is 11.7 Å². The molecule has 0 saturated carbocycles. The number of thiophene rings is 1. The van der Waals surface area contributed by atoms with Gasteiger partial charge in [-0.05, 0) is 53.4 Å². The number of hydrogen-bond acceptors (Lipinski definition) is 5. The maximum Gasteiger partial charge on any atom is 0.416 e. The van der Waals surface area contributed by atoms with Gasteiger partial charge in [-0.1, -0.05) is 12.1 Å². The van der Waals surface area contributed by atoms with E-state index in [4.69, 9.17) is 4.74 Å². The zero-order chi connectivity index (χ0) is 21.1. The van der Waals surface area contributed by atoms with E-state index in [1.807, 2.05) is 11.4 Å². The van der Waals surface area contributed by atoms with Crippen LogP contribution in [0.4, 0.5) is 18.9 Å². The fraction of sp³-hybridized carbons (Fsp3) is 0.0952. The molecule has 2 aromatic heterocycles. The molecule has 5 nitrogen and oxygen atoms in total. The Morgan fingerprint density at radius 2 is 1.73 bits per heavy atom. The van der Waals surface area contributed by atoms with E-state index in [0.29, 0.717) is 22.9 Å². The van der Waals surface area contributed by atoms with Crippen LogP contribution in [-0.4, -0.2) is 15.9 Å². The first-order valence-electron chi connectivity index (χ1n) is 8.80. The molecule has 0 saturated heterocycles. The highest BCUT2D eigenvalue weighted by atomic mass is 32.1. The van der Waals surface area contributed by atoms with E-state index in [2.05, 4.69) is 15.3 Å². The molecule has 1 amide bonds. The summed E-state index contributed by atoms with van der Waals surface area (Å²) in [6.07, 6.45) is -3.00. The normalized spacial score (nSPS) is 11.4. The van der Waals surface area contributed by atoms with Gasteiger partial charge in [-0.15, -0.1) is 11.3 Å². The predicted octanol–water partition coefficient (Wildman–Crippen LogP) is 5.68. The summed E-state index contributed by atoms with van der Waals surface area (Å²) in [4.78, 5) is 21.3. The largest absolute Gasteiger partial charge is 0.438 e. The van der Waals surface area contributed by atoms with Crippen molar-refractivity contribution in [2.45, 2.75) is 12.6 Å². The van der Waals surface area contributed by atoms with Gasteiger partial charge in [0.25, 0.3) is 0 Å². The van der Waals surface area contributed by atoms with Crippen molar-refractivity contribution in [1.29, 1.82) is 0 Å². The number of aromatic nitrogens is 2. The van der Waals surface area contributed by atoms with Crippen LogP contribution in [0.3, 0.4) is 0 Å². The van der Waals surface area contributed by atoms with Crippen molar-refractivity contribution in [1.82, 2.24) is 9.97 Å². The number of ether oxygens (including phenoxy) is 1. The smallest absolute Gasteiger partial charge is 0.416 e. The number of halogens is 3. The number of nitrogens with zero attached hydrogens (tertiary/aromatic N) is 2. The maximum atomic E-state index is 12.6. The van der Waals surface area contributed by atoms with Gasteiger partial charge in [0, 0.05) is 5.69 Å². The Kier molecular flexibility index (Phi) is 5.37. The third-order valence-electron chi connectivity index (χ3n) is 4.22. The number of anilines is 1. The SMILES string of the molecule is O=C(Cc1ccc(C(F)(F)F)cc1)Nc1ccc(Oc2ncnc3sccc23)cc1. The van der Waals surface area contributed by atoms with Crippen LogP contribution in [0.15, 0.2) is 66.3 Å². The molecule has 0 atom stereocenters. The number of benzene rings is 2. The van der Waals surface area contributed by atoms with E-state index in [-0.39, 0.29) is 12.3 Å². The average molecular weight is 429 g/mol. The fourth-order valence-corrected chi connectivity index (χ4v) is 3.49. The van der Waals surface area contributed by atoms with Crippen LogP contribution in [0.5, 0.6) is 11.6 Å². The summed E-state index contributed by atoms with van der Waals surface area (Å²) in [6, 6.07) is 13.1. The third-order valence-corrected chi connectivity index (χ3v) is 5.04. The van der Waals surface area contributed by atoms with Crippen LogP contribution in [0.2, 0.25) is 0 Å². The highest BCUT2D eigenvalue weighted by molar-refractivity contribution is 7.16. The molecule has 0 radical (unpaired) electrons. The Bertz CT molecular complexity index is 1170. The molecule has 4 rings (SSSR count). The van der Waals surface area contributed by atoms with Crippen molar-refractivity contribution in [3.05, 3.63) is 77.4 Å². The Hall–Kier alpha value is -3.46. The highest BCUT2D eigenvalue weighted by Gasteiger charge is 2.29. The summed E-state index contributed by atoms with van der Waals surface area (Å²) in [6.45, 7) is 0. The van der Waals surface area contributed by atoms with Crippen molar-refractivity contribution in [3.63, 3.8) is 0 Å². The molecular formula is C21H14F3N3O2S. The second-order valence-corrected chi connectivity index (χ2v) is 7.26. The monoisotopic (exact) mass is 429 g/mol. The zero-order valence-corrected chi connectivity index (χ0v) is 16.1. The number of alkyl halides is 3. The van der Waals surface area contributed by atoms with Crippen molar-refractivity contribution in [2.75, 3.05) is 5.32 Å². The number of amides is 1. The average Bonchev–Trinajstić information content (AvgIpc) is 3.19. The highest BCUT2D eigenvalue weighted by Crippen LogP contribution is 2.30. The second-order valence-electron chi connectivity index (χ2n) is 6.36. The molecular weight excluding hydrogens is 415 g/mol. The summed E-state index contributed by atoms with van der Waals surface area (Å²) in [5, 5.41) is 5.43. The molecule has 4 aromatic rings. The third kappa shape index (κ3) is 4.57. The van der Waals surface area contributed by atoms with Crippen molar-refractivity contribution < 1.29 is 22.7 Å². The maximum absolute atomic E-state index is 12.6. The van der Waals surface area contributed by atoms with Crippen molar-refractivity contribution in [2.24, 2.45) is 0 Å². The Balaban J connectivity index is 1.37. The summed E-state index contributed by atoms with van der Waals surface area (Å²) in [5.74, 6) is 0.654. The topological polar surface area (TPSA) is 64.1 Å². The molecule has 9 heteroatoms. The van der Waals surface area contributed by atoms with Crippen LogP contribution in [0.25, 0.3) is 10.2 Å². The lowest BCUT2D eigenvalue weighted by Gasteiger charge is -2.09. The number of hydrogen-bond donors (Lipinski definition) is 1. The number of fused-ring (bicyclic) bond motifs is 1. The molecule has 30 heavy (non-hydrogen) atoms. The van der Waals surface area contributed by atoms with Gasteiger partial charge < -0.3 is 10.1 Å². The Morgan fingerprint density at radius 1 is 1.00 bits per heavy atom. The number of rotatable bonds is 5. The molecule has 0 bridgehead atoms. The number of carbonyl (C=O) groups excluding carboxylic acids is 1. The molecule has 0 fully saturated rings. The summed E-state index contributed by atoms with van der Waals surface area (Å²) < 4.78 is 43.6. The molecule has 0 unspecified atom stereocenters. The van der Waals surface area contributed by atoms with Crippen molar-refractivity contribution in [3.8, 4) is 11.6 Å². The van der Waals surface area contributed by atoms with Gasteiger partial charge in [0.05, 0.1) is 17.4 Å². The van der Waals surface area contributed by atoms with Gasteiger partial charge in [-0.2, -0.15) is 13.2 Å². The first-order valence-corrected chi connectivity index (χ1v) is 9.68. The molecule has 1 N–H and O–H groups in total. The van der Waals surface area contributed by atoms with Gasteiger partial charge in [0.15, 0.2) is 0 Å². The van der Waals surface area contributed by atoms with Gasteiger partial charge >= 0.3 is 6.18 Å². The van der Waals surface area contributed by atoms with E-state index in [1.54, 1.807) is 24.3 Å². The lowest BCUT2D eigenvalue weighted by molar-refractivity contribution is -0.137. The summed E-state index contributed by atoms with van der Waals surface area (Å²) in [7, 11) is 0. The minimum Gasteiger partial charge on any atom is -0.438 e. The lowest BCUT2D eigenvalue weighted by atomic mass is 10.1. The van der Waals surface area contributed by atoms with E-state index in [0.717, 1.165) is 22.3 Å². The van der Waals surface area contributed by atoms with E-state index in [1.165, 1.54) is 29.8 Å². The zero-order valence-electron chi connectivity index (χ0n) is 15.3. The second kappa shape index (κ2) is 8.11.